The van der Waals surface area contributed by atoms with Crippen LogP contribution in [0.4, 0.5) is 5.82 Å². The SMILES string of the molecule is COc1c(C2CCN(S(=O)(=O)N3CCC(O)C3)C2C(=O)O)nn(C(=O)C(C)(C)C)c1NCc1ccc(Cl)s1. The first-order chi connectivity index (χ1) is 17.8. The molecule has 3 N–H and O–H groups in total. The molecule has 0 spiro atoms. The fourth-order valence-electron chi connectivity index (χ4n) is 4.77. The number of rotatable bonds is 8. The van der Waals surface area contributed by atoms with Crippen molar-refractivity contribution >= 4 is 50.8 Å². The van der Waals surface area contributed by atoms with E-state index in [2.05, 4.69) is 10.4 Å². The number of nitrogens with zero attached hydrogens (tertiary/aromatic N) is 4. The summed E-state index contributed by atoms with van der Waals surface area (Å²) in [6.07, 6.45) is -0.354. The molecule has 38 heavy (non-hydrogen) atoms. The van der Waals surface area contributed by atoms with Crippen LogP contribution >= 0.6 is 22.9 Å². The average Bonchev–Trinajstić information content (AvgIpc) is 3.61. The van der Waals surface area contributed by atoms with Gasteiger partial charge in [-0.05, 0) is 25.0 Å². The highest BCUT2D eigenvalue weighted by Gasteiger charge is 2.51. The van der Waals surface area contributed by atoms with E-state index in [0.29, 0.717) is 10.9 Å². The van der Waals surface area contributed by atoms with Crippen LogP contribution in [0.2, 0.25) is 4.34 Å². The molecule has 3 unspecified atom stereocenters. The molecule has 4 heterocycles. The zero-order chi connectivity index (χ0) is 28.0. The molecule has 2 aromatic heterocycles. The van der Waals surface area contributed by atoms with E-state index in [0.717, 1.165) is 13.5 Å². The quantitative estimate of drug-likeness (QED) is 0.421. The third-order valence-corrected chi connectivity index (χ3v) is 9.89. The Morgan fingerprint density at radius 2 is 1.97 bits per heavy atom. The van der Waals surface area contributed by atoms with Crippen LogP contribution in [0.1, 0.15) is 54.9 Å². The van der Waals surface area contributed by atoms with Gasteiger partial charge in [0, 0.05) is 35.8 Å². The van der Waals surface area contributed by atoms with Crippen LogP contribution in [-0.2, 0) is 21.5 Å². The number of β-amino-alcohol motifs (C(OH)–C–C–N with tert-alkyl or cyclic N) is 1. The number of methoxy groups -OCH3 is 1. The maximum atomic E-state index is 13.4. The normalized spacial score (nSPS) is 23.2. The molecule has 0 radical (unpaired) electrons. The number of aliphatic hydroxyl groups excluding tert-OH is 1. The zero-order valence-electron chi connectivity index (χ0n) is 21.5. The maximum absolute atomic E-state index is 13.4. The topological polar surface area (TPSA) is 154 Å². The van der Waals surface area contributed by atoms with Gasteiger partial charge >= 0.3 is 5.97 Å². The Labute approximate surface area is 230 Å². The van der Waals surface area contributed by atoms with Gasteiger partial charge in [-0.15, -0.1) is 11.3 Å². The molecule has 2 aliphatic rings. The van der Waals surface area contributed by atoms with Crippen LogP contribution in [0, 0.1) is 5.41 Å². The first kappa shape index (κ1) is 28.8. The van der Waals surface area contributed by atoms with Crippen molar-refractivity contribution in [3.8, 4) is 5.75 Å². The number of hydrogen-bond acceptors (Lipinski definition) is 9. The van der Waals surface area contributed by atoms with Crippen LogP contribution in [0.25, 0.3) is 0 Å². The molecule has 4 rings (SSSR count). The summed E-state index contributed by atoms with van der Waals surface area (Å²) in [4.78, 5) is 26.7. The number of anilines is 1. The molecule has 2 saturated heterocycles. The molecule has 210 valence electrons. The first-order valence-corrected chi connectivity index (χ1v) is 14.7. The zero-order valence-corrected chi connectivity index (χ0v) is 23.9. The summed E-state index contributed by atoms with van der Waals surface area (Å²) in [5.41, 5.74) is -0.645. The number of carboxylic acids is 1. The van der Waals surface area contributed by atoms with Crippen LogP contribution in [-0.4, -0.2) is 87.8 Å². The van der Waals surface area contributed by atoms with Crippen molar-refractivity contribution in [2.45, 2.75) is 58.2 Å². The smallest absolute Gasteiger partial charge is 0.322 e. The lowest BCUT2D eigenvalue weighted by molar-refractivity contribution is -0.141. The fourth-order valence-corrected chi connectivity index (χ4v) is 7.66. The van der Waals surface area contributed by atoms with Crippen LogP contribution in [0.15, 0.2) is 12.1 Å². The Balaban J connectivity index is 1.75. The monoisotopic (exact) mass is 589 g/mol. The summed E-state index contributed by atoms with van der Waals surface area (Å²) in [6.45, 7) is 5.48. The minimum absolute atomic E-state index is 0.0593. The predicted molar refractivity (Wildman–Crippen MR) is 142 cm³/mol. The Hall–Kier alpha value is -2.23. The lowest BCUT2D eigenvalue weighted by Crippen LogP contribution is -2.49. The molecule has 15 heteroatoms. The van der Waals surface area contributed by atoms with E-state index in [1.165, 1.54) is 23.1 Å². The van der Waals surface area contributed by atoms with Crippen LogP contribution < -0.4 is 10.1 Å². The van der Waals surface area contributed by atoms with E-state index in [1.807, 2.05) is 6.07 Å². The molecule has 2 aliphatic heterocycles. The number of carboxylic acid groups (broad SMARTS) is 1. The Morgan fingerprint density at radius 1 is 1.26 bits per heavy atom. The van der Waals surface area contributed by atoms with Gasteiger partial charge in [0.2, 0.25) is 0 Å². The maximum Gasteiger partial charge on any atom is 0.322 e. The molecule has 2 fully saturated rings. The Bertz CT molecular complexity index is 1320. The number of halogens is 1. The van der Waals surface area contributed by atoms with Gasteiger partial charge in [0.15, 0.2) is 11.6 Å². The van der Waals surface area contributed by atoms with Gasteiger partial charge in [-0.3, -0.25) is 9.59 Å². The minimum atomic E-state index is -4.16. The summed E-state index contributed by atoms with van der Waals surface area (Å²) < 4.78 is 36.2. The number of aromatic nitrogens is 2. The average molecular weight is 590 g/mol. The van der Waals surface area contributed by atoms with Gasteiger partial charge in [-0.1, -0.05) is 32.4 Å². The van der Waals surface area contributed by atoms with Gasteiger partial charge in [-0.2, -0.15) is 26.8 Å². The molecule has 0 bridgehead atoms. The Morgan fingerprint density at radius 3 is 2.50 bits per heavy atom. The van der Waals surface area contributed by atoms with E-state index in [-0.39, 0.29) is 55.6 Å². The van der Waals surface area contributed by atoms with Crippen molar-refractivity contribution in [1.29, 1.82) is 0 Å². The minimum Gasteiger partial charge on any atom is -0.491 e. The number of carbonyl (C=O) groups excluding carboxylic acids is 1. The molecule has 0 aromatic carbocycles. The van der Waals surface area contributed by atoms with Crippen LogP contribution in [0.5, 0.6) is 5.75 Å². The molecule has 0 aliphatic carbocycles. The second-order valence-electron chi connectivity index (χ2n) is 10.4. The highest BCUT2D eigenvalue weighted by molar-refractivity contribution is 7.86. The van der Waals surface area contributed by atoms with Gasteiger partial charge < -0.3 is 20.3 Å². The molecule has 0 saturated carbocycles. The predicted octanol–water partition coefficient (Wildman–Crippen LogP) is 2.46. The standard InChI is InChI=1S/C23H32ClN5O7S2/c1-23(2,3)22(33)29-20(25-11-14-5-6-16(24)37-14)19(36-4)17(26-29)15-8-10-28(18(15)21(31)32)38(34,35)27-9-7-13(30)12-27/h5-6,13,15,18,25,30H,7-12H2,1-4H3,(H,31,32). The Kier molecular flexibility index (Phi) is 8.13. The summed E-state index contributed by atoms with van der Waals surface area (Å²) >= 11 is 7.42. The number of thiophene rings is 1. The summed E-state index contributed by atoms with van der Waals surface area (Å²) in [6, 6.07) is 2.13. The molecular formula is C23H32ClN5O7S2. The van der Waals surface area contributed by atoms with E-state index in [4.69, 9.17) is 16.3 Å². The molecule has 3 atom stereocenters. The lowest BCUT2D eigenvalue weighted by Gasteiger charge is -2.28. The molecule has 12 nitrogen and oxygen atoms in total. The number of nitrogens with one attached hydrogen (secondary N) is 1. The summed E-state index contributed by atoms with van der Waals surface area (Å²) in [7, 11) is -2.76. The molecule has 0 amide bonds. The molecular weight excluding hydrogens is 558 g/mol. The van der Waals surface area contributed by atoms with Crippen molar-refractivity contribution in [2.75, 3.05) is 32.1 Å². The lowest BCUT2D eigenvalue weighted by atomic mass is 9.96. The number of hydrogen-bond donors (Lipinski definition) is 3. The highest BCUT2D eigenvalue weighted by atomic mass is 35.5. The molecule has 2 aromatic rings. The number of ether oxygens (including phenoxy) is 1. The second kappa shape index (κ2) is 10.7. The van der Waals surface area contributed by atoms with Crippen molar-refractivity contribution in [2.24, 2.45) is 5.41 Å². The van der Waals surface area contributed by atoms with E-state index < -0.39 is 39.7 Å². The second-order valence-corrected chi connectivity index (χ2v) is 14.1. The largest absolute Gasteiger partial charge is 0.491 e. The third kappa shape index (κ3) is 5.42. The van der Waals surface area contributed by atoms with Crippen molar-refractivity contribution in [3.63, 3.8) is 0 Å². The fraction of sp³-hybridized carbons (Fsp3) is 0.609. The van der Waals surface area contributed by atoms with E-state index in [1.54, 1.807) is 26.8 Å². The van der Waals surface area contributed by atoms with Crippen molar-refractivity contribution in [1.82, 2.24) is 18.4 Å². The summed E-state index contributed by atoms with van der Waals surface area (Å²) in [5, 5.41) is 27.7. The third-order valence-electron chi connectivity index (χ3n) is 6.67. The van der Waals surface area contributed by atoms with Crippen LogP contribution in [0.3, 0.4) is 0 Å². The van der Waals surface area contributed by atoms with Gasteiger partial charge in [0.05, 0.1) is 24.1 Å². The van der Waals surface area contributed by atoms with E-state index >= 15 is 0 Å². The van der Waals surface area contributed by atoms with Gasteiger partial charge in [0.25, 0.3) is 16.1 Å². The van der Waals surface area contributed by atoms with Gasteiger partial charge in [-0.25, -0.2) is 0 Å². The summed E-state index contributed by atoms with van der Waals surface area (Å²) in [5.74, 6) is -2.14. The first-order valence-electron chi connectivity index (χ1n) is 12.1. The number of aliphatic carboxylic acids is 1. The van der Waals surface area contributed by atoms with Gasteiger partial charge in [0.1, 0.15) is 11.7 Å². The van der Waals surface area contributed by atoms with E-state index in [9.17, 15) is 28.2 Å². The van der Waals surface area contributed by atoms with Crippen molar-refractivity contribution < 1.29 is 33.0 Å². The highest BCUT2D eigenvalue weighted by Crippen LogP contribution is 2.43. The van der Waals surface area contributed by atoms with Crippen molar-refractivity contribution in [3.05, 3.63) is 27.0 Å². The number of aliphatic hydroxyl groups is 1. The number of carbonyl (C=O) groups is 2.